The van der Waals surface area contributed by atoms with E-state index in [2.05, 4.69) is 28.2 Å². The third-order valence-electron chi connectivity index (χ3n) is 4.60. The summed E-state index contributed by atoms with van der Waals surface area (Å²) in [5.41, 5.74) is 0.597. The number of non-ortho nitro benzene ring substituents is 1. The lowest BCUT2D eigenvalue weighted by Crippen LogP contribution is -2.27. The van der Waals surface area contributed by atoms with Gasteiger partial charge in [-0.2, -0.15) is 0 Å². The number of benzene rings is 1. The molecule has 1 amide bonds. The number of hydrogen-bond donors (Lipinski definition) is 1. The first-order valence-electron chi connectivity index (χ1n) is 8.26. The molecule has 1 aromatic rings. The van der Waals surface area contributed by atoms with Crippen LogP contribution in [0.5, 0.6) is 0 Å². The molecule has 126 valence electrons. The fourth-order valence-electron chi connectivity index (χ4n) is 3.16. The first-order chi connectivity index (χ1) is 11.0. The molecule has 1 fully saturated rings. The molecule has 23 heavy (non-hydrogen) atoms. The summed E-state index contributed by atoms with van der Waals surface area (Å²) in [6.45, 7) is 2.21. The summed E-state index contributed by atoms with van der Waals surface area (Å²) in [5, 5.41) is 13.6. The van der Waals surface area contributed by atoms with E-state index in [1.54, 1.807) is 6.07 Å². The predicted molar refractivity (Wildman–Crippen MR) is 94.4 cm³/mol. The number of nitrogens with one attached hydrogen (secondary N) is 1. The molecule has 1 aliphatic rings. The monoisotopic (exact) mass is 382 g/mol. The number of amides is 1. The number of rotatable bonds is 6. The van der Waals surface area contributed by atoms with Crippen LogP contribution in [0.2, 0.25) is 0 Å². The van der Waals surface area contributed by atoms with Crippen LogP contribution < -0.4 is 5.32 Å². The summed E-state index contributed by atoms with van der Waals surface area (Å²) in [5.74, 6) is 0.841. The summed E-state index contributed by atoms with van der Waals surface area (Å²) in [6, 6.07) is 4.40. The molecule has 1 aromatic carbocycles. The highest BCUT2D eigenvalue weighted by atomic mass is 79.9. The van der Waals surface area contributed by atoms with Gasteiger partial charge in [-0.15, -0.1) is 0 Å². The number of nitrogens with zero attached hydrogens (tertiary/aromatic N) is 1. The Labute approximate surface area is 145 Å². The van der Waals surface area contributed by atoms with E-state index >= 15 is 0 Å². The van der Waals surface area contributed by atoms with Crippen LogP contribution in [0.1, 0.15) is 51.9 Å². The minimum atomic E-state index is -0.450. The molecule has 0 spiro atoms. The van der Waals surface area contributed by atoms with E-state index in [0.717, 1.165) is 31.6 Å². The molecule has 0 unspecified atom stereocenters. The number of unbranched alkanes of at least 4 members (excludes halogenated alkanes) is 1. The van der Waals surface area contributed by atoms with Crippen LogP contribution in [-0.4, -0.2) is 10.8 Å². The number of nitro benzene ring substituents is 1. The van der Waals surface area contributed by atoms with Crippen LogP contribution in [0, 0.1) is 22.0 Å². The fourth-order valence-corrected chi connectivity index (χ4v) is 3.63. The fraction of sp³-hybridized carbons (Fsp3) is 0.588. The van der Waals surface area contributed by atoms with Crippen LogP contribution in [-0.2, 0) is 4.79 Å². The molecular formula is C17H23BrN2O3. The van der Waals surface area contributed by atoms with Gasteiger partial charge in [-0.1, -0.05) is 26.2 Å². The highest BCUT2D eigenvalue weighted by Crippen LogP contribution is 2.33. The Kier molecular flexibility index (Phi) is 6.57. The predicted octanol–water partition coefficient (Wildman–Crippen LogP) is 5.29. The molecule has 0 radical (unpaired) electrons. The van der Waals surface area contributed by atoms with Gasteiger partial charge in [0.15, 0.2) is 0 Å². The second kappa shape index (κ2) is 8.43. The highest BCUT2D eigenvalue weighted by Gasteiger charge is 2.26. The average Bonchev–Trinajstić information content (AvgIpc) is 2.55. The molecule has 1 N–H and O–H groups in total. The average molecular weight is 383 g/mol. The molecule has 0 aliphatic heterocycles. The first-order valence-corrected chi connectivity index (χ1v) is 9.05. The van der Waals surface area contributed by atoms with E-state index in [1.165, 1.54) is 31.4 Å². The number of halogens is 1. The molecule has 0 heterocycles. The van der Waals surface area contributed by atoms with E-state index in [9.17, 15) is 14.9 Å². The Morgan fingerprint density at radius 2 is 2.04 bits per heavy atom. The molecule has 0 aromatic heterocycles. The zero-order valence-corrected chi connectivity index (χ0v) is 15.0. The maximum Gasteiger partial charge on any atom is 0.270 e. The van der Waals surface area contributed by atoms with Crippen molar-refractivity contribution in [2.45, 2.75) is 51.9 Å². The zero-order valence-electron chi connectivity index (χ0n) is 13.4. The van der Waals surface area contributed by atoms with Gasteiger partial charge in [0.05, 0.1) is 10.6 Å². The van der Waals surface area contributed by atoms with Crippen molar-refractivity contribution in [1.29, 1.82) is 0 Å². The lowest BCUT2D eigenvalue weighted by atomic mass is 9.79. The number of carbonyl (C=O) groups excluding carboxylic acids is 1. The quantitative estimate of drug-likeness (QED) is 0.536. The van der Waals surface area contributed by atoms with Gasteiger partial charge in [0.2, 0.25) is 5.91 Å². The number of hydrogen-bond acceptors (Lipinski definition) is 3. The molecule has 2 rings (SSSR count). The third-order valence-corrected chi connectivity index (χ3v) is 5.26. The van der Waals surface area contributed by atoms with Crippen molar-refractivity contribution in [2.75, 3.05) is 5.32 Å². The minimum Gasteiger partial charge on any atom is -0.325 e. The van der Waals surface area contributed by atoms with Crippen LogP contribution in [0.25, 0.3) is 0 Å². The maximum absolute atomic E-state index is 12.4. The third kappa shape index (κ3) is 5.03. The van der Waals surface area contributed by atoms with Crippen molar-refractivity contribution in [3.05, 3.63) is 32.8 Å². The van der Waals surface area contributed by atoms with Gasteiger partial charge in [0.1, 0.15) is 0 Å². The van der Waals surface area contributed by atoms with Crippen LogP contribution in [0.4, 0.5) is 11.4 Å². The number of carbonyl (C=O) groups is 1. The molecule has 0 atom stereocenters. The van der Waals surface area contributed by atoms with E-state index in [-0.39, 0.29) is 17.5 Å². The van der Waals surface area contributed by atoms with Gasteiger partial charge < -0.3 is 5.32 Å². The van der Waals surface area contributed by atoms with E-state index in [1.807, 2.05) is 0 Å². The minimum absolute atomic E-state index is 0.00584. The Bertz CT molecular complexity index is 569. The Morgan fingerprint density at radius 3 is 2.61 bits per heavy atom. The molecular weight excluding hydrogens is 360 g/mol. The summed E-state index contributed by atoms with van der Waals surface area (Å²) in [6.07, 6.45) is 7.90. The SMILES string of the molecule is CCCCC1CCC(C(=O)Nc2ccc([N+](=O)[O-])cc2Br)CC1. The van der Waals surface area contributed by atoms with Gasteiger partial charge >= 0.3 is 0 Å². The van der Waals surface area contributed by atoms with Crippen LogP contribution >= 0.6 is 15.9 Å². The van der Waals surface area contributed by atoms with Crippen molar-refractivity contribution >= 4 is 33.2 Å². The molecule has 1 aliphatic carbocycles. The summed E-state index contributed by atoms with van der Waals surface area (Å²) in [7, 11) is 0. The molecule has 6 heteroatoms. The first kappa shape index (κ1) is 17.9. The summed E-state index contributed by atoms with van der Waals surface area (Å²) < 4.78 is 0.539. The Morgan fingerprint density at radius 1 is 1.35 bits per heavy atom. The van der Waals surface area contributed by atoms with Gasteiger partial charge in [-0.05, 0) is 53.6 Å². The second-order valence-corrected chi connectivity index (χ2v) is 7.12. The van der Waals surface area contributed by atoms with E-state index in [4.69, 9.17) is 0 Å². The van der Waals surface area contributed by atoms with Gasteiger partial charge in [0.25, 0.3) is 5.69 Å². The van der Waals surface area contributed by atoms with Gasteiger partial charge in [-0.3, -0.25) is 14.9 Å². The van der Waals surface area contributed by atoms with Crippen molar-refractivity contribution in [3.63, 3.8) is 0 Å². The van der Waals surface area contributed by atoms with Crippen LogP contribution in [0.3, 0.4) is 0 Å². The lowest BCUT2D eigenvalue weighted by molar-refractivity contribution is -0.384. The molecule has 1 saturated carbocycles. The highest BCUT2D eigenvalue weighted by molar-refractivity contribution is 9.10. The van der Waals surface area contributed by atoms with Crippen molar-refractivity contribution < 1.29 is 9.72 Å². The zero-order chi connectivity index (χ0) is 16.8. The van der Waals surface area contributed by atoms with Crippen molar-refractivity contribution in [3.8, 4) is 0 Å². The standard InChI is InChI=1S/C17H23BrN2O3/c1-2-3-4-12-5-7-13(8-6-12)17(21)19-16-10-9-14(20(22)23)11-15(16)18/h9-13H,2-8H2,1H3,(H,19,21). The van der Waals surface area contributed by atoms with Crippen molar-refractivity contribution in [1.82, 2.24) is 0 Å². The molecule has 0 bridgehead atoms. The van der Waals surface area contributed by atoms with Gasteiger partial charge in [0, 0.05) is 22.5 Å². The Balaban J connectivity index is 1.89. The normalized spacial score (nSPS) is 21.0. The molecule has 5 nitrogen and oxygen atoms in total. The Hall–Kier alpha value is -1.43. The van der Waals surface area contributed by atoms with Crippen LogP contribution in [0.15, 0.2) is 22.7 Å². The van der Waals surface area contributed by atoms with Crippen molar-refractivity contribution in [2.24, 2.45) is 11.8 Å². The van der Waals surface area contributed by atoms with E-state index < -0.39 is 4.92 Å². The number of nitro groups is 1. The van der Waals surface area contributed by atoms with E-state index in [0.29, 0.717) is 10.2 Å². The largest absolute Gasteiger partial charge is 0.325 e. The lowest BCUT2D eigenvalue weighted by Gasteiger charge is -2.27. The second-order valence-electron chi connectivity index (χ2n) is 6.27. The maximum atomic E-state index is 12.4. The number of anilines is 1. The van der Waals surface area contributed by atoms with Gasteiger partial charge in [-0.25, -0.2) is 0 Å². The summed E-state index contributed by atoms with van der Waals surface area (Å²) in [4.78, 5) is 22.7. The summed E-state index contributed by atoms with van der Waals surface area (Å²) >= 11 is 3.29. The smallest absolute Gasteiger partial charge is 0.270 e. The topological polar surface area (TPSA) is 72.2 Å². The molecule has 0 saturated heterocycles.